The Balaban J connectivity index is 0.00000137. The Labute approximate surface area is 112 Å². The highest BCUT2D eigenvalue weighted by Gasteiger charge is 2.12. The lowest BCUT2D eigenvalue weighted by molar-refractivity contribution is -0.119. The number of ether oxygens (including phenoxy) is 1. The van der Waals surface area contributed by atoms with Crippen molar-refractivity contribution in [2.75, 3.05) is 7.11 Å². The Hall–Kier alpha value is -1.62. The molecule has 0 aliphatic heterocycles. The predicted octanol–water partition coefficient (Wildman–Crippen LogP) is 2.18. The summed E-state index contributed by atoms with van der Waals surface area (Å²) in [5.74, 6) is -0.696. The van der Waals surface area contributed by atoms with Crippen LogP contribution in [0.5, 0.6) is 0 Å². The van der Waals surface area contributed by atoms with E-state index in [0.29, 0.717) is 5.69 Å². The fourth-order valence-corrected chi connectivity index (χ4v) is 1.30. The van der Waals surface area contributed by atoms with Gasteiger partial charge in [0.15, 0.2) is 0 Å². The van der Waals surface area contributed by atoms with E-state index in [9.17, 15) is 9.59 Å². The molecule has 0 radical (unpaired) electrons. The summed E-state index contributed by atoms with van der Waals surface area (Å²) in [6, 6.07) is 3.12. The molecule has 1 amide bonds. The summed E-state index contributed by atoms with van der Waals surface area (Å²) in [6.07, 6.45) is 0. The fourth-order valence-electron chi connectivity index (χ4n) is 1.05. The third-order valence-corrected chi connectivity index (χ3v) is 2.12. The maximum Gasteiger partial charge on any atom is 0.341 e. The number of nitrogens with one attached hydrogen (secondary N) is 1. The molecule has 18 heavy (non-hydrogen) atoms. The minimum atomic E-state index is -0.538. The monoisotopic (exact) mass is 272 g/mol. The van der Waals surface area contributed by atoms with Gasteiger partial charge >= 0.3 is 5.97 Å². The van der Waals surface area contributed by atoms with Gasteiger partial charge < -0.3 is 10.1 Å². The largest absolute Gasteiger partial charge is 0.465 e. The lowest BCUT2D eigenvalue weighted by atomic mass is 10.2. The van der Waals surface area contributed by atoms with E-state index in [-0.39, 0.29) is 23.2 Å². The quantitative estimate of drug-likeness (QED) is 0.676. The molecule has 0 aromatic carbocycles. The molecule has 5 nitrogen and oxygen atoms in total. The van der Waals surface area contributed by atoms with Crippen molar-refractivity contribution >= 4 is 23.5 Å². The zero-order chi connectivity index (χ0) is 14.1. The summed E-state index contributed by atoms with van der Waals surface area (Å²) < 4.78 is 4.52. The van der Waals surface area contributed by atoms with Crippen LogP contribution in [0, 0.1) is 0 Å². The molecule has 0 saturated carbocycles. The van der Waals surface area contributed by atoms with E-state index in [0.717, 1.165) is 0 Å². The van der Waals surface area contributed by atoms with E-state index in [1.54, 1.807) is 6.07 Å². The number of rotatable bonds is 3. The highest BCUT2D eigenvalue weighted by atomic mass is 35.5. The van der Waals surface area contributed by atoms with Crippen LogP contribution >= 0.6 is 11.6 Å². The zero-order valence-electron chi connectivity index (χ0n) is 10.9. The Morgan fingerprint density at radius 3 is 2.44 bits per heavy atom. The molecule has 0 spiro atoms. The van der Waals surface area contributed by atoms with E-state index in [4.69, 9.17) is 11.6 Å². The standard InChI is InChI=1S/C10H11ClN2O3.C2H6/c1-6(14)12-5-7-3-4-8(9(11)13-7)10(15)16-2;1-2/h3-4H,5H2,1-2H3,(H,12,14);1-2H3. The minimum Gasteiger partial charge on any atom is -0.465 e. The first-order chi connectivity index (χ1) is 8.54. The number of halogens is 1. The van der Waals surface area contributed by atoms with Gasteiger partial charge in [-0.1, -0.05) is 25.4 Å². The third-order valence-electron chi connectivity index (χ3n) is 1.83. The average Bonchev–Trinajstić information content (AvgIpc) is 2.38. The first-order valence-electron chi connectivity index (χ1n) is 5.52. The topological polar surface area (TPSA) is 68.3 Å². The summed E-state index contributed by atoms with van der Waals surface area (Å²) in [5.41, 5.74) is 0.781. The third kappa shape index (κ3) is 5.14. The van der Waals surface area contributed by atoms with Crippen LogP contribution in [0.15, 0.2) is 12.1 Å². The van der Waals surface area contributed by atoms with E-state index in [2.05, 4.69) is 15.0 Å². The van der Waals surface area contributed by atoms with Gasteiger partial charge in [0.25, 0.3) is 0 Å². The Morgan fingerprint density at radius 1 is 1.39 bits per heavy atom. The number of aromatic nitrogens is 1. The summed E-state index contributed by atoms with van der Waals surface area (Å²) in [5, 5.41) is 2.64. The van der Waals surface area contributed by atoms with Gasteiger partial charge in [-0.15, -0.1) is 0 Å². The van der Waals surface area contributed by atoms with Crippen LogP contribution < -0.4 is 5.32 Å². The van der Waals surface area contributed by atoms with Gasteiger partial charge in [-0.2, -0.15) is 0 Å². The zero-order valence-corrected chi connectivity index (χ0v) is 11.7. The molecule has 0 atom stereocenters. The Kier molecular flexibility index (Phi) is 7.71. The van der Waals surface area contributed by atoms with Crippen molar-refractivity contribution in [3.05, 3.63) is 28.5 Å². The highest BCUT2D eigenvalue weighted by Crippen LogP contribution is 2.14. The lowest BCUT2D eigenvalue weighted by Crippen LogP contribution is -2.19. The van der Waals surface area contributed by atoms with E-state index in [1.165, 1.54) is 20.1 Å². The summed E-state index contributed by atoms with van der Waals surface area (Å²) in [6.45, 7) is 5.68. The molecular weight excluding hydrogens is 256 g/mol. The molecule has 0 bridgehead atoms. The van der Waals surface area contributed by atoms with Crippen molar-refractivity contribution in [3.63, 3.8) is 0 Å². The van der Waals surface area contributed by atoms with Crippen LogP contribution in [0.2, 0.25) is 5.15 Å². The molecule has 0 aliphatic carbocycles. The van der Waals surface area contributed by atoms with Gasteiger partial charge in [-0.25, -0.2) is 9.78 Å². The number of pyridine rings is 1. The summed E-state index contributed by atoms with van der Waals surface area (Å²) in [7, 11) is 1.27. The van der Waals surface area contributed by atoms with Crippen LogP contribution in [0.1, 0.15) is 36.8 Å². The van der Waals surface area contributed by atoms with Crippen molar-refractivity contribution in [3.8, 4) is 0 Å². The molecule has 1 heterocycles. The second-order valence-corrected chi connectivity index (χ2v) is 3.40. The molecular formula is C12H17ClN2O3. The molecule has 1 N–H and O–H groups in total. The smallest absolute Gasteiger partial charge is 0.341 e. The highest BCUT2D eigenvalue weighted by molar-refractivity contribution is 6.32. The Bertz CT molecular complexity index is 422. The van der Waals surface area contributed by atoms with E-state index < -0.39 is 5.97 Å². The van der Waals surface area contributed by atoms with Gasteiger partial charge in [0.05, 0.1) is 24.9 Å². The lowest BCUT2D eigenvalue weighted by Gasteiger charge is -2.05. The number of amides is 1. The van der Waals surface area contributed by atoms with Crippen molar-refractivity contribution in [2.24, 2.45) is 0 Å². The van der Waals surface area contributed by atoms with Gasteiger partial charge in [0.1, 0.15) is 5.15 Å². The number of hydrogen-bond donors (Lipinski definition) is 1. The summed E-state index contributed by atoms with van der Waals surface area (Å²) >= 11 is 5.79. The van der Waals surface area contributed by atoms with Crippen LogP contribution in [-0.2, 0) is 16.1 Å². The maximum absolute atomic E-state index is 11.2. The van der Waals surface area contributed by atoms with E-state index in [1.807, 2.05) is 13.8 Å². The predicted molar refractivity (Wildman–Crippen MR) is 69.5 cm³/mol. The SMILES string of the molecule is CC.COC(=O)c1ccc(CNC(C)=O)nc1Cl. The normalized spacial score (nSPS) is 8.94. The number of carbonyl (C=O) groups is 2. The molecule has 1 aromatic heterocycles. The number of nitrogens with zero attached hydrogens (tertiary/aromatic N) is 1. The molecule has 0 aliphatic rings. The van der Waals surface area contributed by atoms with Gasteiger partial charge in [0, 0.05) is 6.92 Å². The van der Waals surface area contributed by atoms with Crippen molar-refractivity contribution in [1.82, 2.24) is 10.3 Å². The van der Waals surface area contributed by atoms with E-state index >= 15 is 0 Å². The van der Waals surface area contributed by atoms with Gasteiger partial charge in [-0.3, -0.25) is 4.79 Å². The fraction of sp³-hybridized carbons (Fsp3) is 0.417. The number of hydrogen-bond acceptors (Lipinski definition) is 4. The Morgan fingerprint density at radius 2 is 2.00 bits per heavy atom. The van der Waals surface area contributed by atoms with Crippen LogP contribution in [0.4, 0.5) is 0 Å². The molecule has 1 aromatic rings. The molecule has 0 saturated heterocycles. The summed E-state index contributed by atoms with van der Waals surface area (Å²) in [4.78, 5) is 25.8. The van der Waals surface area contributed by atoms with Crippen LogP contribution in [0.25, 0.3) is 0 Å². The first kappa shape index (κ1) is 16.4. The van der Waals surface area contributed by atoms with Crippen molar-refractivity contribution in [1.29, 1.82) is 0 Å². The second-order valence-electron chi connectivity index (χ2n) is 3.04. The number of esters is 1. The van der Waals surface area contributed by atoms with Gasteiger partial charge in [-0.05, 0) is 12.1 Å². The maximum atomic E-state index is 11.2. The minimum absolute atomic E-state index is 0.0645. The first-order valence-corrected chi connectivity index (χ1v) is 5.90. The molecule has 6 heteroatoms. The van der Waals surface area contributed by atoms with Crippen molar-refractivity contribution in [2.45, 2.75) is 27.3 Å². The molecule has 1 rings (SSSR count). The number of carbonyl (C=O) groups excluding carboxylic acids is 2. The van der Waals surface area contributed by atoms with Crippen molar-refractivity contribution < 1.29 is 14.3 Å². The van der Waals surface area contributed by atoms with Gasteiger partial charge in [0.2, 0.25) is 5.91 Å². The molecule has 100 valence electrons. The van der Waals surface area contributed by atoms with Crippen LogP contribution in [0.3, 0.4) is 0 Å². The second kappa shape index (κ2) is 8.47. The molecule has 0 unspecified atom stereocenters. The molecule has 0 fully saturated rings. The number of methoxy groups -OCH3 is 1. The van der Waals surface area contributed by atoms with Crippen LogP contribution in [-0.4, -0.2) is 24.0 Å². The average molecular weight is 273 g/mol.